The number of hydrogen-bond acceptors (Lipinski definition) is 9. The van der Waals surface area contributed by atoms with Crippen molar-refractivity contribution in [3.8, 4) is 45.6 Å². The van der Waals surface area contributed by atoms with E-state index in [-0.39, 0.29) is 18.9 Å². The summed E-state index contributed by atoms with van der Waals surface area (Å²) in [5.74, 6) is 5.09. The maximum Gasteiger partial charge on any atom is 0.199 e. The number of fused-ring (bicyclic) bond motifs is 3. The Balaban J connectivity index is 0.870. The SMILES string of the molecule is Ic1cc(COc2ccc([SH]3c4ccc(OCc5cc(I)c(OC6CCCCO6)c(I)c5)cc4-c4cc(OCc5cc(I)c(OC6CCCCO6)c(I)c5)ccc43)cc2)cc(I)c1OC1CCCCO1. The largest absolute Gasteiger partial charge is 0.489 e. The van der Waals surface area contributed by atoms with Crippen LogP contribution in [0.4, 0.5) is 0 Å². The molecule has 4 aliphatic rings. The molecule has 6 aromatic rings. The second kappa shape index (κ2) is 24.6. The van der Waals surface area contributed by atoms with E-state index in [9.17, 15) is 0 Å². The Hall–Kier alpha value is -1.27. The lowest BCUT2D eigenvalue weighted by atomic mass is 10.1. The zero-order valence-electron chi connectivity index (χ0n) is 38.0. The monoisotopic (exact) mass is 1640 g/mol. The maximum absolute atomic E-state index is 6.58. The van der Waals surface area contributed by atoms with Gasteiger partial charge in [-0.3, -0.25) is 0 Å². The summed E-state index contributed by atoms with van der Waals surface area (Å²) < 4.78 is 62.4. The van der Waals surface area contributed by atoms with Gasteiger partial charge in [-0.05, 0) is 304 Å². The summed E-state index contributed by atoms with van der Waals surface area (Å²) in [6.07, 6.45) is 8.81. The van der Waals surface area contributed by atoms with Gasteiger partial charge in [-0.15, -0.1) is 0 Å². The lowest BCUT2D eigenvalue weighted by Crippen LogP contribution is -2.25. The Morgan fingerprint density at radius 1 is 0.400 bits per heavy atom. The summed E-state index contributed by atoms with van der Waals surface area (Å²) in [6.45, 7) is 3.56. The molecule has 70 heavy (non-hydrogen) atoms. The highest BCUT2D eigenvalue weighted by Gasteiger charge is 2.29. The van der Waals surface area contributed by atoms with Crippen LogP contribution in [0.2, 0.25) is 0 Å². The van der Waals surface area contributed by atoms with Crippen LogP contribution in [0, 0.1) is 21.4 Å². The number of benzene rings is 6. The maximum atomic E-state index is 6.58. The first-order valence-electron chi connectivity index (χ1n) is 23.5. The average Bonchev–Trinajstić information content (AvgIpc) is 3.69. The summed E-state index contributed by atoms with van der Waals surface area (Å²) in [7, 11) is -0.874. The second-order valence-corrected chi connectivity index (χ2v) is 26.6. The first-order chi connectivity index (χ1) is 34.1. The molecule has 3 atom stereocenters. The van der Waals surface area contributed by atoms with Gasteiger partial charge in [-0.2, -0.15) is 10.9 Å². The van der Waals surface area contributed by atoms with Gasteiger partial charge >= 0.3 is 0 Å². The van der Waals surface area contributed by atoms with E-state index in [4.69, 9.17) is 42.6 Å². The van der Waals surface area contributed by atoms with Gasteiger partial charge in [-0.1, -0.05) is 0 Å². The predicted octanol–water partition coefficient (Wildman–Crippen LogP) is 16.2. The fraction of sp³-hybridized carbons (Fsp3) is 0.333. The van der Waals surface area contributed by atoms with E-state index >= 15 is 0 Å². The molecule has 0 aliphatic carbocycles. The lowest BCUT2D eigenvalue weighted by molar-refractivity contribution is -0.106. The van der Waals surface area contributed by atoms with Gasteiger partial charge < -0.3 is 42.6 Å². The third-order valence-corrected chi connectivity index (χ3v) is 19.7. The molecule has 0 amide bonds. The number of ether oxygens (including phenoxy) is 9. The molecule has 0 bridgehead atoms. The molecule has 3 fully saturated rings. The van der Waals surface area contributed by atoms with Crippen LogP contribution in [0.3, 0.4) is 0 Å². The molecule has 0 aromatic heterocycles. The van der Waals surface area contributed by atoms with Crippen molar-refractivity contribution < 1.29 is 42.6 Å². The molecule has 0 saturated carbocycles. The van der Waals surface area contributed by atoms with Crippen LogP contribution in [-0.2, 0) is 34.0 Å². The minimum Gasteiger partial charge on any atom is -0.489 e. The topological polar surface area (TPSA) is 83.1 Å². The van der Waals surface area contributed by atoms with Crippen molar-refractivity contribution in [2.24, 2.45) is 0 Å². The first-order valence-corrected chi connectivity index (χ1v) is 31.3. The Kier molecular flexibility index (Phi) is 18.3. The normalized spacial score (nSPS) is 20.3. The summed E-state index contributed by atoms with van der Waals surface area (Å²) in [5.41, 5.74) is 5.57. The fourth-order valence-electron chi connectivity index (χ4n) is 8.86. The molecule has 3 unspecified atom stereocenters. The molecular weight excluding hydrogens is 1590 g/mol. The van der Waals surface area contributed by atoms with E-state index in [1.54, 1.807) is 0 Å². The highest BCUT2D eigenvalue weighted by molar-refractivity contribution is 14.1. The summed E-state index contributed by atoms with van der Waals surface area (Å²) >= 11 is 14.2. The van der Waals surface area contributed by atoms with Crippen molar-refractivity contribution in [3.63, 3.8) is 0 Å². The molecule has 0 spiro atoms. The molecular formula is C54H50I6O9S. The highest BCUT2D eigenvalue weighted by Crippen LogP contribution is 2.63. The van der Waals surface area contributed by atoms with Gasteiger partial charge in [0.25, 0.3) is 0 Å². The van der Waals surface area contributed by atoms with Crippen LogP contribution in [0.15, 0.2) is 112 Å². The van der Waals surface area contributed by atoms with Gasteiger partial charge in [0.05, 0.1) is 41.2 Å². The molecule has 0 radical (unpaired) electrons. The van der Waals surface area contributed by atoms with Gasteiger partial charge in [0.15, 0.2) is 18.9 Å². The predicted molar refractivity (Wildman–Crippen MR) is 323 cm³/mol. The van der Waals surface area contributed by atoms with Crippen molar-refractivity contribution in [2.75, 3.05) is 19.8 Å². The molecule has 6 aromatic carbocycles. The quantitative estimate of drug-likeness (QED) is 0.0751. The van der Waals surface area contributed by atoms with Crippen LogP contribution in [0.5, 0.6) is 34.5 Å². The van der Waals surface area contributed by atoms with Crippen molar-refractivity contribution in [1.82, 2.24) is 0 Å². The molecule has 9 nitrogen and oxygen atoms in total. The minimum atomic E-state index is -0.874. The third-order valence-electron chi connectivity index (χ3n) is 12.4. The molecule has 4 aliphatic heterocycles. The summed E-state index contributed by atoms with van der Waals surface area (Å²) in [6, 6.07) is 34.6. The third kappa shape index (κ3) is 12.9. The van der Waals surface area contributed by atoms with Crippen molar-refractivity contribution in [3.05, 3.63) is 135 Å². The Morgan fingerprint density at radius 2 is 0.729 bits per heavy atom. The lowest BCUT2D eigenvalue weighted by Gasteiger charge is -2.25. The summed E-state index contributed by atoms with van der Waals surface area (Å²) in [5, 5.41) is 0. The Bertz CT molecular complexity index is 2620. The summed E-state index contributed by atoms with van der Waals surface area (Å²) in [4.78, 5) is 3.81. The van der Waals surface area contributed by atoms with E-state index in [2.05, 4.69) is 233 Å². The smallest absolute Gasteiger partial charge is 0.199 e. The molecule has 16 heteroatoms. The zero-order chi connectivity index (χ0) is 48.1. The zero-order valence-corrected chi connectivity index (χ0v) is 51.8. The molecule has 0 N–H and O–H groups in total. The van der Waals surface area contributed by atoms with Gasteiger partial charge in [0, 0.05) is 29.1 Å². The van der Waals surface area contributed by atoms with Crippen molar-refractivity contribution in [1.29, 1.82) is 0 Å². The minimum absolute atomic E-state index is 0.183. The van der Waals surface area contributed by atoms with Crippen LogP contribution >= 0.6 is 146 Å². The van der Waals surface area contributed by atoms with Crippen molar-refractivity contribution in [2.45, 2.75) is 111 Å². The second-order valence-electron chi connectivity index (χ2n) is 17.5. The van der Waals surface area contributed by atoms with E-state index in [1.807, 2.05) is 0 Å². The number of rotatable bonds is 16. The highest BCUT2D eigenvalue weighted by atomic mass is 127. The number of hydrogen-bond donors (Lipinski definition) is 1. The van der Waals surface area contributed by atoms with E-state index in [0.717, 1.165) is 161 Å². The molecule has 3 saturated heterocycles. The van der Waals surface area contributed by atoms with Crippen LogP contribution < -0.4 is 28.4 Å². The van der Waals surface area contributed by atoms with E-state index < -0.39 is 10.9 Å². The molecule has 4 heterocycles. The van der Waals surface area contributed by atoms with E-state index in [0.29, 0.717) is 19.8 Å². The number of thiol groups is 1. The van der Waals surface area contributed by atoms with Crippen LogP contribution in [0.25, 0.3) is 11.1 Å². The van der Waals surface area contributed by atoms with Crippen molar-refractivity contribution >= 4 is 146 Å². The average molecular weight is 1640 g/mol. The van der Waals surface area contributed by atoms with E-state index in [1.165, 1.54) is 14.7 Å². The van der Waals surface area contributed by atoms with Crippen LogP contribution in [0.1, 0.15) is 74.5 Å². The van der Waals surface area contributed by atoms with Gasteiger partial charge in [0.1, 0.15) is 54.3 Å². The molecule has 368 valence electrons. The first kappa shape index (κ1) is 52.2. The fourth-order valence-corrected chi connectivity index (χ4v) is 17.9. The van der Waals surface area contributed by atoms with Crippen LogP contribution in [-0.4, -0.2) is 38.7 Å². The standard InChI is InChI=1S/C54H50I6O9S/c55-41-21-32(22-42(56)52(41)67-49-7-1-4-18-61-49)29-64-35-10-14-38(15-11-35)70-47-16-12-36(65-30-33-23-43(57)53(44(58)24-33)68-50-8-2-5-19-62-50)27-39(47)40-28-37(13-17-48(40)70)66-31-34-25-45(59)54(46(60)26-34)69-51-9-3-6-20-63-51/h10-17,21-28,49-51,70H,1-9,18-20,29-31H2. The van der Waals surface area contributed by atoms with Gasteiger partial charge in [0.2, 0.25) is 0 Å². The Morgan fingerprint density at radius 3 is 1.06 bits per heavy atom. The number of halogens is 6. The molecule has 10 rings (SSSR count). The Labute approximate surface area is 494 Å². The van der Waals surface area contributed by atoms with Gasteiger partial charge in [-0.25, -0.2) is 0 Å².